The van der Waals surface area contributed by atoms with Crippen LogP contribution in [-0.4, -0.2) is 41.5 Å². The lowest BCUT2D eigenvalue weighted by Crippen LogP contribution is -2.14. The Kier molecular flexibility index (Phi) is 9.52. The van der Waals surface area contributed by atoms with Gasteiger partial charge in [0, 0.05) is 23.4 Å². The highest BCUT2D eigenvalue weighted by Crippen LogP contribution is 2.31. The van der Waals surface area contributed by atoms with Gasteiger partial charge in [-0.3, -0.25) is 24.8 Å². The van der Waals surface area contributed by atoms with E-state index in [1.807, 2.05) is 41.0 Å². The first-order valence-corrected chi connectivity index (χ1v) is 15.4. The van der Waals surface area contributed by atoms with Crippen LogP contribution in [-0.2, 0) is 17.1 Å². The van der Waals surface area contributed by atoms with Crippen LogP contribution in [0.2, 0.25) is 10.0 Å². The van der Waals surface area contributed by atoms with Crippen LogP contribution in [0.15, 0.2) is 82.3 Å². The van der Waals surface area contributed by atoms with Crippen molar-refractivity contribution in [1.82, 2.24) is 25.0 Å². The maximum atomic E-state index is 12.7. The van der Waals surface area contributed by atoms with Gasteiger partial charge in [-0.1, -0.05) is 94.5 Å². The molecule has 0 radical (unpaired) electrons. The van der Waals surface area contributed by atoms with Gasteiger partial charge in [-0.25, -0.2) is 0 Å². The summed E-state index contributed by atoms with van der Waals surface area (Å²) in [4.78, 5) is 23.4. The molecule has 3 aromatic carbocycles. The second-order valence-electron chi connectivity index (χ2n) is 8.43. The van der Waals surface area contributed by atoms with Gasteiger partial charge in [-0.2, -0.15) is 0 Å². The highest BCUT2D eigenvalue weighted by molar-refractivity contribution is 8.00. The van der Waals surface area contributed by atoms with Crippen molar-refractivity contribution >= 4 is 74.8 Å². The molecule has 1 N–H and O–H groups in total. The number of anilines is 1. The number of aromatic nitrogens is 5. The molecule has 0 bridgehead atoms. The Morgan fingerprint density at radius 3 is 2.44 bits per heavy atom. The molecule has 208 valence electrons. The second-order valence-corrected chi connectivity index (χ2v) is 12.4. The summed E-state index contributed by atoms with van der Waals surface area (Å²) in [5.41, 5.74) is 2.67. The minimum absolute atomic E-state index is 0.0123. The van der Waals surface area contributed by atoms with E-state index in [-0.39, 0.29) is 17.3 Å². The standard InChI is InChI=1S/C26H19Cl2N7O3S3/c27-20-11-6-17(12-21(20)28)14-40-26-33-31-24(41-26)29-22(36)15-39-25-32-30-23(18-7-9-19(10-8-18)35(37)38)34(25)13-16-4-2-1-3-5-16/h1-12H,13-15H2,(H,29,31,36). The molecule has 2 heterocycles. The average Bonchev–Trinajstić information content (AvgIpc) is 3.59. The van der Waals surface area contributed by atoms with Crippen LogP contribution < -0.4 is 5.32 Å². The fraction of sp³-hybridized carbons (Fsp3) is 0.115. The van der Waals surface area contributed by atoms with Crippen LogP contribution in [0.1, 0.15) is 11.1 Å². The van der Waals surface area contributed by atoms with Crippen LogP contribution in [0.5, 0.6) is 0 Å². The molecular formula is C26H19Cl2N7O3S3. The van der Waals surface area contributed by atoms with E-state index in [1.165, 1.54) is 47.0 Å². The topological polar surface area (TPSA) is 129 Å². The molecule has 0 fully saturated rings. The van der Waals surface area contributed by atoms with Crippen LogP contribution in [0.3, 0.4) is 0 Å². The number of halogens is 2. The lowest BCUT2D eigenvalue weighted by atomic mass is 10.2. The molecule has 0 unspecified atom stereocenters. The van der Waals surface area contributed by atoms with Crippen molar-refractivity contribution in [1.29, 1.82) is 0 Å². The van der Waals surface area contributed by atoms with E-state index in [0.717, 1.165) is 11.1 Å². The van der Waals surface area contributed by atoms with Gasteiger partial charge >= 0.3 is 0 Å². The zero-order valence-electron chi connectivity index (χ0n) is 20.9. The summed E-state index contributed by atoms with van der Waals surface area (Å²) in [5.74, 6) is 0.972. The molecule has 15 heteroatoms. The van der Waals surface area contributed by atoms with Crippen LogP contribution in [0.4, 0.5) is 10.8 Å². The van der Waals surface area contributed by atoms with E-state index in [4.69, 9.17) is 23.2 Å². The highest BCUT2D eigenvalue weighted by Gasteiger charge is 2.18. The maximum absolute atomic E-state index is 12.7. The van der Waals surface area contributed by atoms with Gasteiger partial charge in [0.15, 0.2) is 15.3 Å². The van der Waals surface area contributed by atoms with Gasteiger partial charge in [0.25, 0.3) is 5.69 Å². The number of nitrogens with zero attached hydrogens (tertiary/aromatic N) is 6. The van der Waals surface area contributed by atoms with E-state index in [2.05, 4.69) is 25.7 Å². The summed E-state index contributed by atoms with van der Waals surface area (Å²) < 4.78 is 2.59. The molecule has 5 rings (SSSR count). The third kappa shape index (κ3) is 7.63. The van der Waals surface area contributed by atoms with Crippen molar-refractivity contribution in [2.24, 2.45) is 0 Å². The van der Waals surface area contributed by atoms with E-state index >= 15 is 0 Å². The number of nitro benzene ring substituents is 1. The monoisotopic (exact) mass is 643 g/mol. The largest absolute Gasteiger partial charge is 0.300 e. The third-order valence-corrected chi connectivity index (χ3v) is 9.32. The van der Waals surface area contributed by atoms with Crippen molar-refractivity contribution < 1.29 is 9.72 Å². The highest BCUT2D eigenvalue weighted by atomic mass is 35.5. The first kappa shape index (κ1) is 29.0. The quantitative estimate of drug-likeness (QED) is 0.0694. The van der Waals surface area contributed by atoms with E-state index in [0.29, 0.717) is 48.4 Å². The molecule has 0 aliphatic heterocycles. The summed E-state index contributed by atoms with van der Waals surface area (Å²) >= 11 is 16.0. The van der Waals surface area contributed by atoms with Crippen LogP contribution in [0, 0.1) is 10.1 Å². The molecule has 0 aliphatic carbocycles. The zero-order valence-corrected chi connectivity index (χ0v) is 24.9. The van der Waals surface area contributed by atoms with E-state index < -0.39 is 4.92 Å². The molecule has 10 nitrogen and oxygen atoms in total. The Morgan fingerprint density at radius 1 is 0.927 bits per heavy atom. The Morgan fingerprint density at radius 2 is 1.71 bits per heavy atom. The molecule has 1 amide bonds. The number of non-ortho nitro benzene ring substituents is 1. The van der Waals surface area contributed by atoms with Crippen molar-refractivity contribution in [3.63, 3.8) is 0 Å². The minimum Gasteiger partial charge on any atom is -0.300 e. The predicted octanol–water partition coefficient (Wildman–Crippen LogP) is 7.08. The summed E-state index contributed by atoms with van der Waals surface area (Å²) in [7, 11) is 0. The van der Waals surface area contributed by atoms with Gasteiger partial charge < -0.3 is 0 Å². The van der Waals surface area contributed by atoms with Crippen molar-refractivity contribution in [2.75, 3.05) is 11.1 Å². The summed E-state index contributed by atoms with van der Waals surface area (Å²) in [5, 5.41) is 32.6. The van der Waals surface area contributed by atoms with Gasteiger partial charge in [0.2, 0.25) is 11.0 Å². The minimum atomic E-state index is -0.451. The number of hydrogen-bond acceptors (Lipinski definition) is 10. The number of carbonyl (C=O) groups excluding carboxylic acids is 1. The van der Waals surface area contributed by atoms with Gasteiger partial charge in [0.05, 0.1) is 27.3 Å². The number of thioether (sulfide) groups is 2. The lowest BCUT2D eigenvalue weighted by molar-refractivity contribution is -0.384. The smallest absolute Gasteiger partial charge is 0.269 e. The summed E-state index contributed by atoms with van der Waals surface area (Å²) in [6.07, 6.45) is 0. The molecule has 0 saturated carbocycles. The Hall–Kier alpha value is -3.49. The SMILES string of the molecule is O=C(CSc1nnc(-c2ccc([N+](=O)[O-])cc2)n1Cc1ccccc1)Nc1nnc(SCc2ccc(Cl)c(Cl)c2)s1. The number of nitrogens with one attached hydrogen (secondary N) is 1. The number of carbonyl (C=O) groups is 1. The summed E-state index contributed by atoms with van der Waals surface area (Å²) in [6, 6.07) is 21.3. The van der Waals surface area contributed by atoms with Gasteiger partial charge in [0.1, 0.15) is 0 Å². The molecular weight excluding hydrogens is 625 g/mol. The third-order valence-electron chi connectivity index (χ3n) is 5.57. The van der Waals surface area contributed by atoms with Crippen molar-refractivity contribution in [3.8, 4) is 11.4 Å². The second kappa shape index (κ2) is 13.4. The van der Waals surface area contributed by atoms with Crippen molar-refractivity contribution in [3.05, 3.63) is 104 Å². The Labute approximate surface area is 256 Å². The van der Waals surface area contributed by atoms with Gasteiger partial charge in [-0.05, 0) is 35.4 Å². The Bertz CT molecular complexity index is 1680. The molecule has 0 aliphatic rings. The molecule has 0 atom stereocenters. The normalized spacial score (nSPS) is 11.0. The van der Waals surface area contributed by atoms with E-state index in [9.17, 15) is 14.9 Å². The lowest BCUT2D eigenvalue weighted by Gasteiger charge is -2.10. The van der Waals surface area contributed by atoms with Crippen molar-refractivity contribution in [2.45, 2.75) is 21.8 Å². The molecule has 0 spiro atoms. The molecule has 41 heavy (non-hydrogen) atoms. The maximum Gasteiger partial charge on any atom is 0.269 e. The predicted molar refractivity (Wildman–Crippen MR) is 163 cm³/mol. The zero-order chi connectivity index (χ0) is 28.8. The fourth-order valence-corrected chi connectivity index (χ4v) is 6.40. The first-order chi connectivity index (χ1) is 19.9. The van der Waals surface area contributed by atoms with Gasteiger partial charge in [-0.15, -0.1) is 20.4 Å². The number of hydrogen-bond donors (Lipinski definition) is 1. The number of nitro groups is 1. The van der Waals surface area contributed by atoms with Crippen LogP contribution in [0.25, 0.3) is 11.4 Å². The first-order valence-electron chi connectivity index (χ1n) is 11.9. The molecule has 2 aromatic heterocycles. The van der Waals surface area contributed by atoms with E-state index in [1.54, 1.807) is 24.3 Å². The summed E-state index contributed by atoms with van der Waals surface area (Å²) in [6.45, 7) is 0.458. The Balaban J connectivity index is 1.24. The number of amides is 1. The van der Waals surface area contributed by atoms with Crippen LogP contribution >= 0.6 is 58.1 Å². The number of benzene rings is 3. The molecule has 5 aromatic rings. The average molecular weight is 645 g/mol. The molecule has 0 saturated heterocycles. The fourth-order valence-electron chi connectivity index (χ4n) is 3.63. The number of rotatable bonds is 11.